The molecule has 0 bridgehead atoms. The van der Waals surface area contributed by atoms with Crippen molar-refractivity contribution >= 4 is 23.9 Å². The molecule has 0 unspecified atom stereocenters. The van der Waals surface area contributed by atoms with E-state index >= 15 is 0 Å². The van der Waals surface area contributed by atoms with Crippen LogP contribution < -0.4 is 0 Å². The molecule has 1 aromatic carbocycles. The standard InChI is InChI=1S/C13H5F7O8/c14-11(15,12(16,17)13(18,19)20)6-4(9(25)26)2(7(21)22)1-3(8(23)24)5(6)10(27)28/h1H,(H,21,22)(H,23,24)(H,25,26)(H,27,28). The summed E-state index contributed by atoms with van der Waals surface area (Å²) in [5.74, 6) is -24.4. The van der Waals surface area contributed by atoms with Crippen molar-refractivity contribution in [3.05, 3.63) is 33.9 Å². The molecule has 8 nitrogen and oxygen atoms in total. The molecule has 0 atom stereocenters. The summed E-state index contributed by atoms with van der Waals surface area (Å²) in [6.45, 7) is 0. The van der Waals surface area contributed by atoms with Crippen LogP contribution in [0.1, 0.15) is 47.0 Å². The molecule has 0 heterocycles. The third-order valence-electron chi connectivity index (χ3n) is 3.28. The van der Waals surface area contributed by atoms with Gasteiger partial charge in [0.25, 0.3) is 0 Å². The molecule has 4 N–H and O–H groups in total. The van der Waals surface area contributed by atoms with E-state index in [0.29, 0.717) is 0 Å². The number of hydrogen-bond acceptors (Lipinski definition) is 4. The van der Waals surface area contributed by atoms with E-state index in [9.17, 15) is 49.9 Å². The summed E-state index contributed by atoms with van der Waals surface area (Å²) >= 11 is 0. The van der Waals surface area contributed by atoms with Crippen LogP contribution in [0.4, 0.5) is 30.7 Å². The fraction of sp³-hybridized carbons (Fsp3) is 0.231. The molecule has 1 aromatic rings. The van der Waals surface area contributed by atoms with Crippen molar-refractivity contribution in [3.63, 3.8) is 0 Å². The Kier molecular flexibility index (Phi) is 5.38. The number of carboxylic acid groups (broad SMARTS) is 4. The Morgan fingerprint density at radius 3 is 1.18 bits per heavy atom. The molecule has 0 saturated carbocycles. The van der Waals surface area contributed by atoms with Crippen LogP contribution in [0.5, 0.6) is 0 Å². The van der Waals surface area contributed by atoms with Crippen molar-refractivity contribution in [2.45, 2.75) is 18.0 Å². The largest absolute Gasteiger partial charge is 0.478 e. The predicted octanol–water partition coefficient (Wildman–Crippen LogP) is 2.77. The van der Waals surface area contributed by atoms with Crippen molar-refractivity contribution in [1.82, 2.24) is 0 Å². The minimum Gasteiger partial charge on any atom is -0.478 e. The maximum Gasteiger partial charge on any atom is 0.460 e. The number of hydrogen-bond donors (Lipinski definition) is 4. The summed E-state index contributed by atoms with van der Waals surface area (Å²) in [6, 6.07) is -0.261. The number of halogens is 7. The number of alkyl halides is 7. The maximum atomic E-state index is 14.2. The van der Waals surface area contributed by atoms with E-state index in [0.717, 1.165) is 0 Å². The lowest BCUT2D eigenvalue weighted by Crippen LogP contribution is -2.51. The van der Waals surface area contributed by atoms with E-state index < -0.39 is 69.7 Å². The highest BCUT2D eigenvalue weighted by Crippen LogP contribution is 2.54. The highest BCUT2D eigenvalue weighted by atomic mass is 19.4. The molecule has 0 aliphatic rings. The van der Waals surface area contributed by atoms with E-state index in [1.165, 1.54) is 0 Å². The van der Waals surface area contributed by atoms with Crippen molar-refractivity contribution < 1.29 is 70.3 Å². The van der Waals surface area contributed by atoms with Gasteiger partial charge in [-0.1, -0.05) is 0 Å². The summed E-state index contributed by atoms with van der Waals surface area (Å²) in [5.41, 5.74) is -11.9. The normalized spacial score (nSPS) is 12.5. The van der Waals surface area contributed by atoms with E-state index in [4.69, 9.17) is 20.4 Å². The van der Waals surface area contributed by atoms with Crippen molar-refractivity contribution in [2.75, 3.05) is 0 Å². The maximum absolute atomic E-state index is 14.2. The molecular weight excluding hydrogens is 417 g/mol. The number of benzene rings is 1. The fourth-order valence-corrected chi connectivity index (χ4v) is 2.11. The predicted molar refractivity (Wildman–Crippen MR) is 69.2 cm³/mol. The van der Waals surface area contributed by atoms with Gasteiger partial charge in [0, 0.05) is 0 Å². The first-order chi connectivity index (χ1) is 12.4. The molecule has 0 fully saturated rings. The minimum atomic E-state index is -7.10. The Bertz CT molecular complexity index is 838. The van der Waals surface area contributed by atoms with Crippen LogP contribution in [0.25, 0.3) is 0 Å². The zero-order valence-electron chi connectivity index (χ0n) is 12.6. The molecule has 154 valence electrons. The number of carboxylic acids is 4. The number of aromatic carboxylic acids is 4. The van der Waals surface area contributed by atoms with Crippen LogP contribution in [0.3, 0.4) is 0 Å². The first kappa shape index (κ1) is 22.7. The van der Waals surface area contributed by atoms with Crippen molar-refractivity contribution in [2.24, 2.45) is 0 Å². The molecule has 0 aliphatic carbocycles. The van der Waals surface area contributed by atoms with Gasteiger partial charge in [0.2, 0.25) is 0 Å². The second kappa shape index (κ2) is 6.65. The lowest BCUT2D eigenvalue weighted by Gasteiger charge is -2.30. The number of carbonyl (C=O) groups is 4. The van der Waals surface area contributed by atoms with Gasteiger partial charge in [-0.3, -0.25) is 0 Å². The van der Waals surface area contributed by atoms with E-state index in [1.807, 2.05) is 0 Å². The fourth-order valence-electron chi connectivity index (χ4n) is 2.11. The van der Waals surface area contributed by atoms with E-state index in [-0.39, 0.29) is 6.07 Å². The van der Waals surface area contributed by atoms with E-state index in [2.05, 4.69) is 0 Å². The Labute approximate surface area is 147 Å². The monoisotopic (exact) mass is 422 g/mol. The molecule has 15 heteroatoms. The van der Waals surface area contributed by atoms with Crippen LogP contribution in [-0.2, 0) is 5.92 Å². The second-order valence-electron chi connectivity index (χ2n) is 4.96. The van der Waals surface area contributed by atoms with Crippen LogP contribution in [0.15, 0.2) is 6.07 Å². The van der Waals surface area contributed by atoms with Gasteiger partial charge in [-0.15, -0.1) is 0 Å². The summed E-state index contributed by atoms with van der Waals surface area (Å²) in [4.78, 5) is 44.4. The average Bonchev–Trinajstić information content (AvgIpc) is 2.50. The zero-order chi connectivity index (χ0) is 22.4. The Hall–Kier alpha value is -3.39. The average molecular weight is 422 g/mol. The third-order valence-corrected chi connectivity index (χ3v) is 3.28. The van der Waals surface area contributed by atoms with Gasteiger partial charge in [-0.2, -0.15) is 30.7 Å². The van der Waals surface area contributed by atoms with Crippen LogP contribution in [-0.4, -0.2) is 56.4 Å². The SMILES string of the molecule is O=C(O)c1cc(C(=O)O)c(C(=O)O)c(C(F)(F)C(F)(F)C(F)(F)F)c1C(=O)O. The number of rotatable bonds is 6. The smallest absolute Gasteiger partial charge is 0.460 e. The topological polar surface area (TPSA) is 149 Å². The molecular formula is C13H5F7O8. The molecule has 0 saturated heterocycles. The van der Waals surface area contributed by atoms with Crippen molar-refractivity contribution in [3.8, 4) is 0 Å². The third kappa shape index (κ3) is 3.29. The van der Waals surface area contributed by atoms with Gasteiger partial charge in [0.1, 0.15) is 0 Å². The lowest BCUT2D eigenvalue weighted by molar-refractivity contribution is -0.359. The molecule has 0 aliphatic heterocycles. The van der Waals surface area contributed by atoms with Gasteiger partial charge in [0.15, 0.2) is 0 Å². The second-order valence-corrected chi connectivity index (χ2v) is 4.96. The Morgan fingerprint density at radius 1 is 0.643 bits per heavy atom. The highest BCUT2D eigenvalue weighted by molar-refractivity contribution is 6.11. The quantitative estimate of drug-likeness (QED) is 0.512. The van der Waals surface area contributed by atoms with Crippen LogP contribution in [0.2, 0.25) is 0 Å². The summed E-state index contributed by atoms with van der Waals surface area (Å²) < 4.78 is 92.5. The lowest BCUT2D eigenvalue weighted by atomic mass is 9.85. The molecule has 1 rings (SSSR count). The molecule has 0 radical (unpaired) electrons. The van der Waals surface area contributed by atoms with E-state index in [1.54, 1.807) is 0 Å². The first-order valence-corrected chi connectivity index (χ1v) is 6.36. The summed E-state index contributed by atoms with van der Waals surface area (Å²) in [7, 11) is 0. The van der Waals surface area contributed by atoms with Crippen molar-refractivity contribution in [1.29, 1.82) is 0 Å². The van der Waals surface area contributed by atoms with Gasteiger partial charge in [0.05, 0.1) is 27.8 Å². The van der Waals surface area contributed by atoms with Crippen LogP contribution in [0, 0.1) is 0 Å². The summed E-state index contributed by atoms with van der Waals surface area (Å²) in [5, 5.41) is 35.5. The highest BCUT2D eigenvalue weighted by Gasteiger charge is 2.75. The molecule has 28 heavy (non-hydrogen) atoms. The summed E-state index contributed by atoms with van der Waals surface area (Å²) in [6.07, 6.45) is -7.05. The molecule has 0 amide bonds. The molecule has 0 aromatic heterocycles. The van der Waals surface area contributed by atoms with Gasteiger partial charge in [-0.25, -0.2) is 19.2 Å². The first-order valence-electron chi connectivity index (χ1n) is 6.36. The minimum absolute atomic E-state index is 0.261. The van der Waals surface area contributed by atoms with Crippen LogP contribution >= 0.6 is 0 Å². The molecule has 0 spiro atoms. The zero-order valence-corrected chi connectivity index (χ0v) is 12.6. The van der Waals surface area contributed by atoms with Gasteiger partial charge < -0.3 is 20.4 Å². The Morgan fingerprint density at radius 2 is 0.964 bits per heavy atom. The Balaban J connectivity index is 4.38. The van der Waals surface area contributed by atoms with Gasteiger partial charge >= 0.3 is 41.9 Å². The van der Waals surface area contributed by atoms with Gasteiger partial charge in [-0.05, 0) is 6.07 Å².